The number of nitrogens with one attached hydrogen (secondary N) is 2. The summed E-state index contributed by atoms with van der Waals surface area (Å²) >= 11 is 3.27. The van der Waals surface area contributed by atoms with Crippen LogP contribution in [0, 0.1) is 47.5 Å². The van der Waals surface area contributed by atoms with Crippen molar-refractivity contribution >= 4 is 37.5 Å². The van der Waals surface area contributed by atoms with Crippen molar-refractivity contribution in [2.24, 2.45) is 0 Å². The van der Waals surface area contributed by atoms with Crippen LogP contribution in [0.3, 0.4) is 0 Å². The molecule has 0 saturated carbocycles. The minimum atomic E-state index is -0.692. The molecule has 0 aromatic heterocycles. The largest absolute Gasteiger partial charge is 0.307 e. The van der Waals surface area contributed by atoms with Gasteiger partial charge in [0.15, 0.2) is 0 Å². The lowest BCUT2D eigenvalue weighted by Crippen LogP contribution is -2.18. The molecule has 0 saturated heterocycles. The summed E-state index contributed by atoms with van der Waals surface area (Å²) in [5, 5.41) is 12.0. The molecule has 276 valence electrons. The Bertz CT molecular complexity index is 2270. The van der Waals surface area contributed by atoms with Crippen molar-refractivity contribution in [1.82, 2.24) is 10.6 Å². The summed E-state index contributed by atoms with van der Waals surface area (Å²) < 4.78 is 51.0. The van der Waals surface area contributed by atoms with Gasteiger partial charge in [0.05, 0.1) is 11.1 Å². The maximum atomic E-state index is 13.5. The van der Waals surface area contributed by atoms with E-state index in [9.17, 15) is 17.6 Å². The fraction of sp³-hybridized carbons (Fsp3) is 0.149. The summed E-state index contributed by atoms with van der Waals surface area (Å²) in [7, 11) is 0. The number of allylic oxidation sites excluding steroid dienone is 1. The van der Waals surface area contributed by atoms with Crippen molar-refractivity contribution in [2.45, 2.75) is 33.4 Å². The average Bonchev–Trinajstić information content (AvgIpc) is 3.17. The first-order chi connectivity index (χ1) is 25.7. The van der Waals surface area contributed by atoms with E-state index in [2.05, 4.69) is 137 Å². The lowest BCUT2D eigenvalue weighted by molar-refractivity contribution is 0.580. The Morgan fingerprint density at radius 2 is 1.09 bits per heavy atom. The molecule has 2 N–H and O–H groups in total. The highest BCUT2D eigenvalue weighted by Crippen LogP contribution is 2.25. The second-order valence-electron chi connectivity index (χ2n) is 11.8. The van der Waals surface area contributed by atoms with Crippen LogP contribution in [0.15, 0.2) is 145 Å². The fourth-order valence-electron chi connectivity index (χ4n) is 5.44. The molecule has 0 bridgehead atoms. The second kappa shape index (κ2) is 22.6. The molecule has 6 aromatic carbocycles. The molecule has 0 heterocycles. The number of benzene rings is 6. The van der Waals surface area contributed by atoms with E-state index in [0.717, 1.165) is 24.7 Å². The van der Waals surface area contributed by atoms with Crippen LogP contribution < -0.4 is 10.6 Å². The Morgan fingerprint density at radius 1 is 0.630 bits per heavy atom. The zero-order chi connectivity index (χ0) is 38.0. The molecular weight excluding hydrogens is 748 g/mol. The van der Waals surface area contributed by atoms with Crippen molar-refractivity contribution in [3.63, 3.8) is 0 Å². The first-order valence-corrected chi connectivity index (χ1v) is 17.8. The molecule has 0 fully saturated rings. The lowest BCUT2D eigenvalue weighted by Gasteiger charge is -2.15. The number of halogens is 5. The summed E-state index contributed by atoms with van der Waals surface area (Å²) in [6.45, 7) is 5.83. The molecule has 54 heavy (non-hydrogen) atoms. The molecular formula is C47H43BrF4N2. The van der Waals surface area contributed by atoms with Gasteiger partial charge in [0.1, 0.15) is 23.3 Å². The van der Waals surface area contributed by atoms with Crippen molar-refractivity contribution in [3.05, 3.63) is 190 Å². The molecule has 6 aromatic rings. The molecule has 2 atom stereocenters. The quantitative estimate of drug-likeness (QED) is 0.119. The Kier molecular flexibility index (Phi) is 18.0. The molecule has 7 heteroatoms. The number of hydrogen-bond donors (Lipinski definition) is 2. The smallest absolute Gasteiger partial charge is 0.141 e. The van der Waals surface area contributed by atoms with E-state index < -0.39 is 23.3 Å². The minimum absolute atomic E-state index is 0. The van der Waals surface area contributed by atoms with Crippen molar-refractivity contribution < 1.29 is 17.6 Å². The molecule has 0 aliphatic heterocycles. The Labute approximate surface area is 325 Å². The molecule has 2 nitrogen and oxygen atoms in total. The van der Waals surface area contributed by atoms with Crippen LogP contribution in [0.25, 0.3) is 21.5 Å². The highest BCUT2D eigenvalue weighted by Gasteiger charge is 2.08. The first kappa shape index (κ1) is 43.0. The van der Waals surface area contributed by atoms with Gasteiger partial charge >= 0.3 is 0 Å². The SMILES string of the molecule is C.C#Cc1ccc(F)cc1F.C[C@@H](NC/C=C/Br)c1cccc2ccccc12.C[C@@H](NC/C=C/C#Cc1ccc(F)cc1F)c1cccc2ccccc12. The maximum absolute atomic E-state index is 13.5. The van der Waals surface area contributed by atoms with Gasteiger partial charge in [-0.2, -0.15) is 0 Å². The van der Waals surface area contributed by atoms with Crippen molar-refractivity contribution in [3.8, 4) is 24.2 Å². The third-order valence-electron chi connectivity index (χ3n) is 8.18. The Hall–Kier alpha value is -5.44. The van der Waals surface area contributed by atoms with Gasteiger partial charge in [0.25, 0.3) is 0 Å². The van der Waals surface area contributed by atoms with Gasteiger partial charge in [-0.1, -0.05) is 138 Å². The van der Waals surface area contributed by atoms with Crippen LogP contribution in [0.1, 0.15) is 55.6 Å². The van der Waals surface area contributed by atoms with E-state index >= 15 is 0 Å². The van der Waals surface area contributed by atoms with Gasteiger partial charge < -0.3 is 10.6 Å². The predicted molar refractivity (Wildman–Crippen MR) is 222 cm³/mol. The molecule has 0 unspecified atom stereocenters. The molecule has 6 rings (SSSR count). The highest BCUT2D eigenvalue weighted by molar-refractivity contribution is 9.11. The van der Waals surface area contributed by atoms with E-state index in [1.54, 1.807) is 6.08 Å². The fourth-order valence-corrected chi connectivity index (χ4v) is 5.63. The molecule has 0 amide bonds. The first-order valence-electron chi connectivity index (χ1n) is 16.9. The standard InChI is InChI=1S/C23H19F2N.C15H16BrN.C8H4F2.CH4/c1-17(21-12-7-10-18-8-4-5-11-22(18)21)26-15-6-2-3-9-19-13-14-20(24)16-23(19)25;1-12(17-11-5-10-16)14-9-4-7-13-6-2-3-8-15(13)14;1-2-6-3-4-7(9)5-8(6)10;/h2,4-8,10-14,16-17,26H,15H2,1H3;2-10,12,17H,11H2,1H3;1,3-5H;1H4/b6-2+;10-5+;;/t17-;12-;;/m11../s1. The van der Waals surface area contributed by atoms with E-state index in [1.165, 1.54) is 50.9 Å². The Morgan fingerprint density at radius 3 is 1.57 bits per heavy atom. The van der Waals surface area contributed by atoms with Crippen LogP contribution in [-0.2, 0) is 0 Å². The van der Waals surface area contributed by atoms with E-state index in [1.807, 2.05) is 23.2 Å². The van der Waals surface area contributed by atoms with Gasteiger partial charge in [-0.05, 0) is 81.8 Å². The maximum Gasteiger partial charge on any atom is 0.141 e. The zero-order valence-corrected chi connectivity index (χ0v) is 31.0. The third kappa shape index (κ3) is 12.9. The van der Waals surface area contributed by atoms with Gasteiger partial charge in [-0.15, -0.1) is 6.42 Å². The minimum Gasteiger partial charge on any atom is -0.307 e. The van der Waals surface area contributed by atoms with Crippen LogP contribution in [0.5, 0.6) is 0 Å². The molecule has 0 aliphatic rings. The van der Waals surface area contributed by atoms with Crippen molar-refractivity contribution in [2.75, 3.05) is 13.1 Å². The topological polar surface area (TPSA) is 24.1 Å². The van der Waals surface area contributed by atoms with Gasteiger partial charge in [-0.25, -0.2) is 17.6 Å². The Balaban J connectivity index is 0.000000240. The van der Waals surface area contributed by atoms with Crippen LogP contribution in [0.4, 0.5) is 17.6 Å². The van der Waals surface area contributed by atoms with E-state index in [4.69, 9.17) is 6.42 Å². The summed E-state index contributed by atoms with van der Waals surface area (Å²) in [4.78, 5) is 1.88. The highest BCUT2D eigenvalue weighted by atomic mass is 79.9. The summed E-state index contributed by atoms with van der Waals surface area (Å²) in [6, 6.07) is 36.6. The number of rotatable bonds is 8. The second-order valence-corrected chi connectivity index (χ2v) is 12.4. The predicted octanol–water partition coefficient (Wildman–Crippen LogP) is 12.4. The molecule has 0 spiro atoms. The van der Waals surface area contributed by atoms with Gasteiger partial charge in [0.2, 0.25) is 0 Å². The third-order valence-corrected chi connectivity index (χ3v) is 8.55. The number of hydrogen-bond acceptors (Lipinski definition) is 2. The lowest BCUT2D eigenvalue weighted by atomic mass is 10.00. The monoisotopic (exact) mass is 790 g/mol. The van der Waals surface area contributed by atoms with Crippen LogP contribution in [-0.4, -0.2) is 13.1 Å². The van der Waals surface area contributed by atoms with Crippen molar-refractivity contribution in [1.29, 1.82) is 0 Å². The summed E-state index contributed by atoms with van der Waals surface area (Å²) in [6.07, 6.45) is 10.5. The normalized spacial score (nSPS) is 11.7. The number of fused-ring (bicyclic) bond motifs is 2. The molecule has 0 radical (unpaired) electrons. The summed E-state index contributed by atoms with van der Waals surface area (Å²) in [5.74, 6) is 4.98. The number of terminal acetylenes is 1. The van der Waals surface area contributed by atoms with E-state index in [-0.39, 0.29) is 24.6 Å². The van der Waals surface area contributed by atoms with Crippen LogP contribution in [0.2, 0.25) is 0 Å². The van der Waals surface area contributed by atoms with Gasteiger partial charge in [0, 0.05) is 37.3 Å². The molecule has 0 aliphatic carbocycles. The van der Waals surface area contributed by atoms with Crippen LogP contribution >= 0.6 is 15.9 Å². The zero-order valence-electron chi connectivity index (χ0n) is 29.4. The van der Waals surface area contributed by atoms with Gasteiger partial charge in [-0.3, -0.25) is 0 Å². The van der Waals surface area contributed by atoms with E-state index in [0.29, 0.717) is 12.6 Å². The summed E-state index contributed by atoms with van der Waals surface area (Å²) in [5.41, 5.74) is 2.87. The average molecular weight is 792 g/mol.